The van der Waals surface area contributed by atoms with Gasteiger partial charge in [-0.25, -0.2) is 4.98 Å². The van der Waals surface area contributed by atoms with Crippen LogP contribution in [0.5, 0.6) is 0 Å². The van der Waals surface area contributed by atoms with Gasteiger partial charge in [-0.15, -0.1) is 0 Å². The van der Waals surface area contributed by atoms with E-state index in [2.05, 4.69) is 45.1 Å². The lowest BCUT2D eigenvalue weighted by Crippen LogP contribution is -2.40. The molecule has 0 saturated carbocycles. The van der Waals surface area contributed by atoms with Crippen LogP contribution in [-0.4, -0.2) is 66.8 Å². The first-order valence-corrected chi connectivity index (χ1v) is 9.77. The smallest absolute Gasteiger partial charge is 0.290 e. The van der Waals surface area contributed by atoms with Crippen LogP contribution in [0.1, 0.15) is 19.3 Å². The molecule has 0 atom stereocenters. The Morgan fingerprint density at radius 1 is 1.11 bits per heavy atom. The number of ether oxygens (including phenoxy) is 1. The molecule has 7 nitrogen and oxygen atoms in total. The second kappa shape index (κ2) is 10.0. The Bertz CT molecular complexity index is 787. The maximum atomic E-state index is 12.8. The molecule has 7 heteroatoms. The van der Waals surface area contributed by atoms with Crippen molar-refractivity contribution in [1.82, 2.24) is 9.88 Å². The Kier molecular flexibility index (Phi) is 7.19. The lowest BCUT2D eigenvalue weighted by Gasteiger charge is -2.28. The average Bonchev–Trinajstić information content (AvgIpc) is 3.00. The van der Waals surface area contributed by atoms with E-state index in [9.17, 15) is 4.79 Å². The van der Waals surface area contributed by atoms with Gasteiger partial charge in [0.15, 0.2) is 0 Å². The molecule has 2 fully saturated rings. The van der Waals surface area contributed by atoms with Crippen LogP contribution in [0.3, 0.4) is 0 Å². The fourth-order valence-electron chi connectivity index (χ4n) is 3.91. The van der Waals surface area contributed by atoms with Crippen molar-refractivity contribution in [2.75, 3.05) is 44.3 Å². The fraction of sp³-hybridized carbons (Fsp3) is 0.476. The zero-order valence-corrected chi connectivity index (χ0v) is 16.0. The third kappa shape index (κ3) is 4.78. The van der Waals surface area contributed by atoms with E-state index in [0.717, 1.165) is 64.5 Å². The predicted molar refractivity (Wildman–Crippen MR) is 107 cm³/mol. The van der Waals surface area contributed by atoms with Crippen molar-refractivity contribution < 1.29 is 19.4 Å². The predicted octanol–water partition coefficient (Wildman–Crippen LogP) is 2.40. The first kappa shape index (κ1) is 20.1. The minimum absolute atomic E-state index is 0.149. The number of aromatic nitrogens is 1. The molecule has 3 heterocycles. The summed E-state index contributed by atoms with van der Waals surface area (Å²) in [5.74, 6) is 1.51. The number of carboxylic acid groups (broad SMARTS) is 1. The van der Waals surface area contributed by atoms with Gasteiger partial charge in [-0.2, -0.15) is 0 Å². The SMILES string of the molecule is O=C(C1CCOCC1)N1CCCN(c2nccc3ccccc23)CC1.O=CO. The molecule has 1 N–H and O–H groups in total. The van der Waals surface area contributed by atoms with Gasteiger partial charge in [0.2, 0.25) is 5.91 Å². The van der Waals surface area contributed by atoms with Gasteiger partial charge < -0.3 is 19.6 Å². The molecule has 0 radical (unpaired) electrons. The summed E-state index contributed by atoms with van der Waals surface area (Å²) in [5.41, 5.74) is 0. The van der Waals surface area contributed by atoms with Crippen molar-refractivity contribution in [2.45, 2.75) is 19.3 Å². The van der Waals surface area contributed by atoms with Gasteiger partial charge in [-0.1, -0.05) is 24.3 Å². The number of anilines is 1. The van der Waals surface area contributed by atoms with Crippen LogP contribution >= 0.6 is 0 Å². The molecule has 1 aromatic carbocycles. The van der Waals surface area contributed by atoms with E-state index in [0.29, 0.717) is 5.91 Å². The number of fused-ring (bicyclic) bond motifs is 1. The number of benzene rings is 1. The monoisotopic (exact) mass is 385 g/mol. The first-order chi connectivity index (χ1) is 13.7. The Hall–Kier alpha value is -2.67. The molecule has 0 aliphatic carbocycles. The minimum atomic E-state index is -0.250. The molecule has 0 unspecified atom stereocenters. The van der Waals surface area contributed by atoms with Gasteiger partial charge in [-0.3, -0.25) is 9.59 Å². The third-order valence-electron chi connectivity index (χ3n) is 5.33. The van der Waals surface area contributed by atoms with E-state index in [1.807, 2.05) is 6.20 Å². The summed E-state index contributed by atoms with van der Waals surface area (Å²) in [6, 6.07) is 10.4. The number of pyridine rings is 1. The molecule has 1 amide bonds. The number of hydrogen-bond donors (Lipinski definition) is 1. The number of hydrogen-bond acceptors (Lipinski definition) is 5. The molecule has 4 rings (SSSR count). The van der Waals surface area contributed by atoms with Gasteiger partial charge in [-0.05, 0) is 30.7 Å². The van der Waals surface area contributed by atoms with Gasteiger partial charge in [0.25, 0.3) is 6.47 Å². The van der Waals surface area contributed by atoms with E-state index in [-0.39, 0.29) is 12.4 Å². The average molecular weight is 385 g/mol. The normalized spacial score (nSPS) is 18.1. The summed E-state index contributed by atoms with van der Waals surface area (Å²) < 4.78 is 5.39. The van der Waals surface area contributed by atoms with Crippen LogP contribution in [0, 0.1) is 5.92 Å². The highest BCUT2D eigenvalue weighted by molar-refractivity contribution is 5.92. The van der Waals surface area contributed by atoms with Crippen LogP contribution in [0.2, 0.25) is 0 Å². The van der Waals surface area contributed by atoms with Gasteiger partial charge in [0.1, 0.15) is 5.82 Å². The Morgan fingerprint density at radius 2 is 1.86 bits per heavy atom. The molecule has 2 aromatic rings. The quantitative estimate of drug-likeness (QED) is 0.800. The summed E-state index contributed by atoms with van der Waals surface area (Å²) in [4.78, 5) is 30.2. The maximum Gasteiger partial charge on any atom is 0.290 e. The van der Waals surface area contributed by atoms with E-state index in [1.165, 1.54) is 10.8 Å². The first-order valence-electron chi connectivity index (χ1n) is 9.77. The molecule has 2 aliphatic heterocycles. The Balaban J connectivity index is 0.000000706. The highest BCUT2D eigenvalue weighted by Gasteiger charge is 2.28. The lowest BCUT2D eigenvalue weighted by atomic mass is 9.98. The Morgan fingerprint density at radius 3 is 2.64 bits per heavy atom. The van der Waals surface area contributed by atoms with Crippen LogP contribution in [0.25, 0.3) is 10.8 Å². The van der Waals surface area contributed by atoms with Crippen molar-refractivity contribution in [3.63, 3.8) is 0 Å². The molecule has 1 aromatic heterocycles. The van der Waals surface area contributed by atoms with Crippen molar-refractivity contribution in [2.24, 2.45) is 5.92 Å². The topological polar surface area (TPSA) is 83.0 Å². The van der Waals surface area contributed by atoms with E-state index in [4.69, 9.17) is 14.6 Å². The van der Waals surface area contributed by atoms with Gasteiger partial charge >= 0.3 is 0 Å². The second-order valence-corrected chi connectivity index (χ2v) is 7.01. The van der Waals surface area contributed by atoms with Gasteiger partial charge in [0, 0.05) is 56.9 Å². The highest BCUT2D eigenvalue weighted by Crippen LogP contribution is 2.25. The van der Waals surface area contributed by atoms with Crippen LogP contribution < -0.4 is 4.90 Å². The van der Waals surface area contributed by atoms with Gasteiger partial charge in [0.05, 0.1) is 0 Å². The van der Waals surface area contributed by atoms with Crippen LogP contribution in [0.15, 0.2) is 36.5 Å². The summed E-state index contributed by atoms with van der Waals surface area (Å²) in [6.45, 7) is 4.60. The van der Waals surface area contributed by atoms with Crippen LogP contribution in [-0.2, 0) is 14.3 Å². The summed E-state index contributed by atoms with van der Waals surface area (Å²) in [7, 11) is 0. The minimum Gasteiger partial charge on any atom is -0.483 e. The van der Waals surface area contributed by atoms with E-state index >= 15 is 0 Å². The zero-order chi connectivity index (χ0) is 19.8. The molecular weight excluding hydrogens is 358 g/mol. The molecule has 0 bridgehead atoms. The largest absolute Gasteiger partial charge is 0.483 e. The third-order valence-corrected chi connectivity index (χ3v) is 5.33. The summed E-state index contributed by atoms with van der Waals surface area (Å²) in [5, 5.41) is 9.29. The molecule has 150 valence electrons. The van der Waals surface area contributed by atoms with Crippen molar-refractivity contribution in [3.8, 4) is 0 Å². The summed E-state index contributed by atoms with van der Waals surface area (Å²) in [6.07, 6.45) is 4.60. The molecule has 0 spiro atoms. The van der Waals surface area contributed by atoms with Crippen molar-refractivity contribution in [1.29, 1.82) is 0 Å². The molecular formula is C21H27N3O4. The van der Waals surface area contributed by atoms with Crippen molar-refractivity contribution in [3.05, 3.63) is 36.5 Å². The number of amides is 1. The number of nitrogens with zero attached hydrogens (tertiary/aromatic N) is 3. The zero-order valence-electron chi connectivity index (χ0n) is 16.0. The molecule has 2 aliphatic rings. The maximum absolute atomic E-state index is 12.8. The second-order valence-electron chi connectivity index (χ2n) is 7.01. The standard InChI is InChI=1S/C20H25N3O2.CH2O2/c24-20(17-7-14-25-15-8-17)23-11-3-10-22(12-13-23)19-18-5-2-1-4-16(18)6-9-21-19;2-1-3/h1-2,4-6,9,17H,3,7-8,10-15H2;1H,(H,2,3). The summed E-state index contributed by atoms with van der Waals surface area (Å²) >= 11 is 0. The van der Waals surface area contributed by atoms with E-state index < -0.39 is 0 Å². The highest BCUT2D eigenvalue weighted by atomic mass is 16.5. The van der Waals surface area contributed by atoms with E-state index in [1.54, 1.807) is 0 Å². The number of carbonyl (C=O) groups is 2. The fourth-order valence-corrected chi connectivity index (χ4v) is 3.91. The number of rotatable bonds is 2. The Labute approximate surface area is 164 Å². The van der Waals surface area contributed by atoms with Crippen LogP contribution in [0.4, 0.5) is 5.82 Å². The van der Waals surface area contributed by atoms with Crippen molar-refractivity contribution >= 4 is 29.0 Å². The molecule has 2 saturated heterocycles. The number of carbonyl (C=O) groups excluding carboxylic acids is 1. The lowest BCUT2D eigenvalue weighted by molar-refractivity contribution is -0.138. The molecule has 28 heavy (non-hydrogen) atoms.